The molecule has 0 aliphatic carbocycles. The van der Waals surface area contributed by atoms with Gasteiger partial charge in [-0.3, -0.25) is 4.79 Å². The molecule has 2 aliphatic rings. The Labute approximate surface area is 157 Å². The molecule has 0 bridgehead atoms. The highest BCUT2D eigenvalue weighted by atomic mass is 32.2. The number of rotatable bonds is 3. The Morgan fingerprint density at radius 3 is 2.28 bits per heavy atom. The molecule has 1 aromatic carbocycles. The number of hydrogen-bond donors (Lipinski definition) is 0. The molecule has 0 aromatic heterocycles. The summed E-state index contributed by atoms with van der Waals surface area (Å²) in [5.74, 6) is 0.636. The lowest BCUT2D eigenvalue weighted by atomic mass is 10.2. The van der Waals surface area contributed by atoms with Gasteiger partial charge in [0.1, 0.15) is 21.8 Å². The van der Waals surface area contributed by atoms with E-state index in [1.54, 1.807) is 0 Å². The van der Waals surface area contributed by atoms with Crippen molar-refractivity contribution in [3.8, 4) is 6.07 Å². The summed E-state index contributed by atoms with van der Waals surface area (Å²) in [6.07, 6.45) is 2.30. The van der Waals surface area contributed by atoms with Crippen LogP contribution in [0.5, 0.6) is 0 Å². The molecule has 7 heteroatoms. The summed E-state index contributed by atoms with van der Waals surface area (Å²) in [7, 11) is 3.76. The van der Waals surface area contributed by atoms with Gasteiger partial charge in [-0.2, -0.15) is 5.26 Å². The number of carbonyl (C=O) groups excluding carboxylic acids is 1. The average Bonchev–Trinajstić information content (AvgIpc) is 3.24. The Bertz CT molecular complexity index is 747. The van der Waals surface area contributed by atoms with Crippen LogP contribution in [0.25, 0.3) is 0 Å². The molecule has 0 saturated carbocycles. The summed E-state index contributed by atoms with van der Waals surface area (Å²) < 4.78 is 0.754. The van der Waals surface area contributed by atoms with Crippen LogP contribution in [-0.4, -0.2) is 47.9 Å². The van der Waals surface area contributed by atoms with Crippen molar-refractivity contribution in [1.29, 1.82) is 5.26 Å². The number of benzene rings is 1. The van der Waals surface area contributed by atoms with Crippen molar-refractivity contribution in [2.75, 3.05) is 42.7 Å². The molecule has 0 spiro atoms. The van der Waals surface area contributed by atoms with E-state index in [1.165, 1.54) is 11.8 Å². The number of fused-ring (bicyclic) bond motifs is 1. The van der Waals surface area contributed by atoms with Gasteiger partial charge in [0.15, 0.2) is 5.78 Å². The highest BCUT2D eigenvalue weighted by molar-refractivity contribution is 8.23. The minimum Gasteiger partial charge on any atom is -0.358 e. The lowest BCUT2D eigenvalue weighted by molar-refractivity contribution is -0.112. The molecule has 0 radical (unpaired) electrons. The molecule has 130 valence electrons. The SMILES string of the molecule is CN1C(=C(C#N)C(=O)CSC(=S)N2CCCC2)N(C)c2ccccc21. The largest absolute Gasteiger partial charge is 0.358 e. The van der Waals surface area contributed by atoms with Crippen LogP contribution in [0, 0.1) is 11.3 Å². The topological polar surface area (TPSA) is 50.6 Å². The Hall–Kier alpha value is -2.04. The lowest BCUT2D eigenvalue weighted by Crippen LogP contribution is -2.28. The number of thiocarbonyl (C=S) groups is 1. The monoisotopic (exact) mass is 372 g/mol. The van der Waals surface area contributed by atoms with Gasteiger partial charge in [0.25, 0.3) is 0 Å². The van der Waals surface area contributed by atoms with Gasteiger partial charge in [-0.1, -0.05) is 36.1 Å². The number of ketones is 1. The van der Waals surface area contributed by atoms with Crippen LogP contribution >= 0.6 is 24.0 Å². The molecule has 0 atom stereocenters. The molecule has 0 N–H and O–H groups in total. The zero-order chi connectivity index (χ0) is 18.0. The van der Waals surface area contributed by atoms with Crippen LogP contribution in [0.2, 0.25) is 0 Å². The van der Waals surface area contributed by atoms with Crippen LogP contribution in [0.15, 0.2) is 35.7 Å². The molecule has 0 unspecified atom stereocenters. The van der Waals surface area contributed by atoms with Crippen LogP contribution in [-0.2, 0) is 4.79 Å². The van der Waals surface area contributed by atoms with Crippen molar-refractivity contribution in [3.63, 3.8) is 0 Å². The van der Waals surface area contributed by atoms with Crippen LogP contribution in [0.3, 0.4) is 0 Å². The standard InChI is InChI=1S/C18H20N4OS2/c1-20-14-7-3-4-8-15(14)21(2)17(20)13(11-19)16(23)12-25-18(24)22-9-5-6-10-22/h3-4,7-8H,5-6,9-10,12H2,1-2H3. The first-order valence-electron chi connectivity index (χ1n) is 8.20. The van der Waals surface area contributed by atoms with Gasteiger partial charge in [-0.25, -0.2) is 0 Å². The number of para-hydroxylation sites is 2. The van der Waals surface area contributed by atoms with Crippen molar-refractivity contribution in [1.82, 2.24) is 4.90 Å². The highest BCUT2D eigenvalue weighted by Gasteiger charge is 2.31. The fraction of sp³-hybridized carbons (Fsp3) is 0.389. The lowest BCUT2D eigenvalue weighted by Gasteiger charge is -2.20. The second-order valence-corrected chi connectivity index (χ2v) is 7.70. The van der Waals surface area contributed by atoms with Gasteiger partial charge in [0.2, 0.25) is 0 Å². The Morgan fingerprint density at radius 1 is 1.20 bits per heavy atom. The van der Waals surface area contributed by atoms with Crippen molar-refractivity contribution >= 4 is 45.5 Å². The predicted octanol–water partition coefficient (Wildman–Crippen LogP) is 2.99. The molecule has 3 rings (SSSR count). The zero-order valence-electron chi connectivity index (χ0n) is 14.4. The zero-order valence-corrected chi connectivity index (χ0v) is 16.0. The number of allylic oxidation sites excluding steroid dienone is 1. The first-order valence-corrected chi connectivity index (χ1v) is 9.59. The van der Waals surface area contributed by atoms with Gasteiger partial charge >= 0.3 is 0 Å². The fourth-order valence-electron chi connectivity index (χ4n) is 3.25. The first-order chi connectivity index (χ1) is 12.0. The summed E-state index contributed by atoms with van der Waals surface area (Å²) in [6, 6.07) is 9.97. The quantitative estimate of drug-likeness (QED) is 0.459. The second-order valence-electron chi connectivity index (χ2n) is 6.09. The fourth-order valence-corrected chi connectivity index (χ4v) is 4.37. The molecule has 1 aromatic rings. The van der Waals surface area contributed by atoms with Gasteiger partial charge in [0.05, 0.1) is 17.1 Å². The summed E-state index contributed by atoms with van der Waals surface area (Å²) >= 11 is 6.77. The Morgan fingerprint density at radius 2 is 1.76 bits per heavy atom. The minimum absolute atomic E-state index is 0.179. The molecule has 25 heavy (non-hydrogen) atoms. The summed E-state index contributed by atoms with van der Waals surface area (Å²) in [5, 5.41) is 9.61. The molecule has 2 heterocycles. The molecule has 2 aliphatic heterocycles. The molecular weight excluding hydrogens is 352 g/mol. The van der Waals surface area contributed by atoms with E-state index < -0.39 is 0 Å². The van der Waals surface area contributed by atoms with E-state index in [4.69, 9.17) is 12.2 Å². The molecule has 0 amide bonds. The van der Waals surface area contributed by atoms with E-state index >= 15 is 0 Å². The van der Waals surface area contributed by atoms with E-state index in [9.17, 15) is 10.1 Å². The van der Waals surface area contributed by atoms with Crippen molar-refractivity contribution < 1.29 is 4.79 Å². The predicted molar refractivity (Wildman–Crippen MR) is 107 cm³/mol. The highest BCUT2D eigenvalue weighted by Crippen LogP contribution is 2.40. The summed E-state index contributed by atoms with van der Waals surface area (Å²) in [6.45, 7) is 1.93. The average molecular weight is 373 g/mol. The third-order valence-electron chi connectivity index (χ3n) is 4.55. The van der Waals surface area contributed by atoms with Crippen LogP contribution < -0.4 is 9.80 Å². The number of carbonyl (C=O) groups is 1. The smallest absolute Gasteiger partial charge is 0.187 e. The first kappa shape index (κ1) is 17.8. The Kier molecular flexibility index (Phi) is 5.30. The third kappa shape index (κ3) is 3.37. The number of thioether (sulfide) groups is 1. The second kappa shape index (κ2) is 7.46. The van der Waals surface area contributed by atoms with Crippen molar-refractivity contribution in [3.05, 3.63) is 35.7 Å². The van der Waals surface area contributed by atoms with Crippen molar-refractivity contribution in [2.45, 2.75) is 12.8 Å². The van der Waals surface area contributed by atoms with E-state index in [0.29, 0.717) is 5.82 Å². The number of anilines is 2. The van der Waals surface area contributed by atoms with Crippen LogP contribution in [0.1, 0.15) is 12.8 Å². The summed E-state index contributed by atoms with van der Waals surface area (Å²) in [5.41, 5.74) is 2.15. The normalized spacial score (nSPS) is 16.0. The molecule has 1 saturated heterocycles. The Balaban J connectivity index is 1.77. The minimum atomic E-state index is -0.185. The molecule has 1 fully saturated rings. The maximum absolute atomic E-state index is 12.7. The van der Waals surface area contributed by atoms with Gasteiger partial charge in [-0.05, 0) is 25.0 Å². The number of Topliss-reactive ketones (excluding diaryl/α,β-unsaturated/α-hetero) is 1. The van der Waals surface area contributed by atoms with E-state index in [1.807, 2.05) is 48.2 Å². The van der Waals surface area contributed by atoms with Crippen molar-refractivity contribution in [2.24, 2.45) is 0 Å². The van der Waals surface area contributed by atoms with Gasteiger partial charge in [-0.15, -0.1) is 0 Å². The number of likely N-dealkylation sites (tertiary alicyclic amines) is 1. The molecular formula is C18H20N4OS2. The third-order valence-corrected chi connectivity index (χ3v) is 6.07. The van der Waals surface area contributed by atoms with E-state index in [2.05, 4.69) is 11.0 Å². The maximum Gasteiger partial charge on any atom is 0.187 e. The van der Waals surface area contributed by atoms with Gasteiger partial charge in [0, 0.05) is 27.2 Å². The van der Waals surface area contributed by atoms with Gasteiger partial charge < -0.3 is 14.7 Å². The maximum atomic E-state index is 12.7. The number of hydrogen-bond acceptors (Lipinski definition) is 6. The summed E-state index contributed by atoms with van der Waals surface area (Å²) in [4.78, 5) is 18.6. The van der Waals surface area contributed by atoms with Crippen LogP contribution in [0.4, 0.5) is 11.4 Å². The molecule has 5 nitrogen and oxygen atoms in total. The number of nitrogens with zero attached hydrogens (tertiary/aromatic N) is 4. The number of nitriles is 1. The van der Waals surface area contributed by atoms with E-state index in [-0.39, 0.29) is 17.1 Å². The van der Waals surface area contributed by atoms with E-state index in [0.717, 1.165) is 41.6 Å².